The van der Waals surface area contributed by atoms with E-state index in [2.05, 4.69) is 19.1 Å². The minimum absolute atomic E-state index is 0.226. The number of esters is 1. The van der Waals surface area contributed by atoms with Crippen LogP contribution in [0.25, 0.3) is 22.1 Å². The molecular formula is C31H36N3O5+. The number of pyridine rings is 1. The summed E-state index contributed by atoms with van der Waals surface area (Å²) in [6.45, 7) is 2.96. The number of hydrogen-bond donors (Lipinski definition) is 1. The number of nitrogens with two attached hydrogens (primary N) is 1. The van der Waals surface area contributed by atoms with Crippen LogP contribution in [0.3, 0.4) is 0 Å². The van der Waals surface area contributed by atoms with Gasteiger partial charge >= 0.3 is 5.97 Å². The maximum atomic E-state index is 13.2. The maximum Gasteiger partial charge on any atom is 0.369 e. The van der Waals surface area contributed by atoms with Crippen molar-refractivity contribution in [2.24, 2.45) is 5.73 Å². The summed E-state index contributed by atoms with van der Waals surface area (Å²) in [6, 6.07) is 18.0. The number of carbonyl (C=O) groups is 2. The number of carbonyl (C=O) groups excluding carboxylic acids is 2. The Kier molecular flexibility index (Phi) is 8.66. The highest BCUT2D eigenvalue weighted by molar-refractivity contribution is 5.95. The molecule has 0 aliphatic heterocycles. The van der Waals surface area contributed by atoms with Crippen LogP contribution in [0.5, 0.6) is 5.88 Å². The topological polar surface area (TPSA) is 105 Å². The standard InChI is InChI=1S/C31H35N3O5/c1-5-6-11-23-19-21-10-7-8-12-24(21)30(33-23)39-18-16-34(2,3)28(31(36)37-4)25-15-14-22(29(32)35)20-26(25)27-13-9-17-38-27/h7-10,12-15,17,19-20,28H,5-6,11,16,18H2,1-4H3,(H-,32,35)/p+1/t28-/m1/s1. The molecular weight excluding hydrogens is 494 g/mol. The molecule has 1 amide bonds. The second kappa shape index (κ2) is 12.1. The Morgan fingerprint density at radius 3 is 2.56 bits per heavy atom. The van der Waals surface area contributed by atoms with E-state index in [9.17, 15) is 9.59 Å². The molecule has 1 atom stereocenters. The molecule has 4 aromatic rings. The summed E-state index contributed by atoms with van der Waals surface area (Å²) < 4.78 is 17.4. The predicted octanol–water partition coefficient (Wildman–Crippen LogP) is 5.31. The van der Waals surface area contributed by atoms with Crippen LogP contribution < -0.4 is 10.5 Å². The molecule has 0 radical (unpaired) electrons. The Balaban J connectivity index is 1.64. The average Bonchev–Trinajstić information content (AvgIpc) is 3.46. The van der Waals surface area contributed by atoms with E-state index in [0.29, 0.717) is 41.5 Å². The van der Waals surface area contributed by atoms with Crippen molar-refractivity contribution in [2.45, 2.75) is 32.2 Å². The van der Waals surface area contributed by atoms with Crippen molar-refractivity contribution in [3.63, 3.8) is 0 Å². The molecule has 8 nitrogen and oxygen atoms in total. The number of aryl methyl sites for hydroxylation is 1. The largest absolute Gasteiger partial charge is 0.471 e. The number of unbranched alkanes of at least 4 members (excludes halogenated alkanes) is 1. The van der Waals surface area contributed by atoms with Gasteiger partial charge in [-0.15, -0.1) is 0 Å². The van der Waals surface area contributed by atoms with Crippen LogP contribution in [-0.4, -0.2) is 55.7 Å². The average molecular weight is 531 g/mol. The van der Waals surface area contributed by atoms with Gasteiger partial charge in [0.05, 0.1) is 27.5 Å². The Labute approximate surface area is 228 Å². The molecule has 204 valence electrons. The molecule has 0 aliphatic rings. The third-order valence-electron chi connectivity index (χ3n) is 6.99. The highest BCUT2D eigenvalue weighted by Crippen LogP contribution is 2.36. The van der Waals surface area contributed by atoms with Crippen molar-refractivity contribution in [1.29, 1.82) is 0 Å². The first-order valence-corrected chi connectivity index (χ1v) is 13.1. The molecule has 0 spiro atoms. The van der Waals surface area contributed by atoms with E-state index >= 15 is 0 Å². The van der Waals surface area contributed by atoms with Crippen LogP contribution in [0, 0.1) is 0 Å². The number of furan rings is 1. The summed E-state index contributed by atoms with van der Waals surface area (Å²) in [4.78, 5) is 30.0. The fourth-order valence-corrected chi connectivity index (χ4v) is 4.82. The number of methoxy groups -OCH3 is 1. The van der Waals surface area contributed by atoms with Gasteiger partial charge in [-0.25, -0.2) is 9.78 Å². The van der Waals surface area contributed by atoms with Crippen LogP contribution in [0.15, 0.2) is 71.3 Å². The van der Waals surface area contributed by atoms with E-state index in [-0.39, 0.29) is 4.48 Å². The first-order valence-electron chi connectivity index (χ1n) is 13.1. The van der Waals surface area contributed by atoms with Gasteiger partial charge in [-0.2, -0.15) is 0 Å². The lowest BCUT2D eigenvalue weighted by Crippen LogP contribution is -2.49. The fraction of sp³-hybridized carbons (Fsp3) is 0.323. The highest BCUT2D eigenvalue weighted by atomic mass is 16.5. The lowest BCUT2D eigenvalue weighted by molar-refractivity contribution is -0.912. The summed E-state index contributed by atoms with van der Waals surface area (Å²) in [6.07, 6.45) is 4.58. The molecule has 2 heterocycles. The summed E-state index contributed by atoms with van der Waals surface area (Å²) in [5.41, 5.74) is 8.14. The van der Waals surface area contributed by atoms with Gasteiger partial charge in [0.25, 0.3) is 0 Å². The smallest absolute Gasteiger partial charge is 0.369 e. The zero-order chi connectivity index (χ0) is 28.0. The number of ether oxygens (including phenoxy) is 2. The number of quaternary nitrogens is 1. The normalized spacial score (nSPS) is 12.3. The number of amides is 1. The summed E-state index contributed by atoms with van der Waals surface area (Å²) in [5.74, 6) is 0.144. The third-order valence-corrected chi connectivity index (χ3v) is 6.99. The second-order valence-corrected chi connectivity index (χ2v) is 10.2. The van der Waals surface area contributed by atoms with E-state index < -0.39 is 17.9 Å². The molecule has 2 aromatic carbocycles. The Morgan fingerprint density at radius 1 is 1.08 bits per heavy atom. The minimum atomic E-state index is -0.721. The number of hydrogen-bond acceptors (Lipinski definition) is 6. The van der Waals surface area contributed by atoms with Gasteiger partial charge in [0.1, 0.15) is 18.9 Å². The second-order valence-electron chi connectivity index (χ2n) is 10.2. The zero-order valence-corrected chi connectivity index (χ0v) is 23.0. The lowest BCUT2D eigenvalue weighted by Gasteiger charge is -2.37. The van der Waals surface area contributed by atoms with Crippen molar-refractivity contribution in [3.8, 4) is 17.2 Å². The fourth-order valence-electron chi connectivity index (χ4n) is 4.82. The van der Waals surface area contributed by atoms with E-state index in [0.717, 1.165) is 35.7 Å². The Hall–Kier alpha value is -4.17. The highest BCUT2D eigenvalue weighted by Gasteiger charge is 2.40. The van der Waals surface area contributed by atoms with E-state index in [1.807, 2.05) is 32.3 Å². The van der Waals surface area contributed by atoms with Gasteiger partial charge in [-0.05, 0) is 54.6 Å². The van der Waals surface area contributed by atoms with Gasteiger partial charge in [-0.3, -0.25) is 4.79 Å². The summed E-state index contributed by atoms with van der Waals surface area (Å²) in [7, 11) is 5.26. The Morgan fingerprint density at radius 2 is 1.87 bits per heavy atom. The van der Waals surface area contributed by atoms with Crippen molar-refractivity contribution in [3.05, 3.63) is 83.7 Å². The number of aromatic nitrogens is 1. The molecule has 8 heteroatoms. The number of primary amides is 1. The van der Waals surface area contributed by atoms with Gasteiger partial charge in [0, 0.05) is 27.8 Å². The zero-order valence-electron chi connectivity index (χ0n) is 23.0. The maximum absolute atomic E-state index is 13.2. The summed E-state index contributed by atoms with van der Waals surface area (Å²) in [5, 5.41) is 2.04. The number of nitrogens with zero attached hydrogens (tertiary/aromatic N) is 2. The van der Waals surface area contributed by atoms with E-state index in [4.69, 9.17) is 24.6 Å². The SMILES string of the molecule is CCCCc1cc2ccccc2c(OCC[N+](C)(C)[C@@H](C(=O)OC)c2ccc(C(N)=O)cc2-c2ccco2)n1. The molecule has 0 fully saturated rings. The molecule has 0 aliphatic carbocycles. The van der Waals surface area contributed by atoms with Crippen LogP contribution >= 0.6 is 0 Å². The molecule has 0 saturated carbocycles. The minimum Gasteiger partial charge on any atom is -0.471 e. The third kappa shape index (κ3) is 6.29. The first kappa shape index (κ1) is 27.9. The molecule has 4 rings (SSSR count). The van der Waals surface area contributed by atoms with Crippen molar-refractivity contribution in [2.75, 3.05) is 34.4 Å². The number of likely N-dealkylation sites (N-methyl/N-ethyl adjacent to an activating group) is 1. The molecule has 0 saturated heterocycles. The molecule has 0 unspecified atom stereocenters. The van der Waals surface area contributed by atoms with Crippen LogP contribution in [0.4, 0.5) is 0 Å². The van der Waals surface area contributed by atoms with Crippen molar-refractivity contribution in [1.82, 2.24) is 4.98 Å². The van der Waals surface area contributed by atoms with E-state index in [1.54, 1.807) is 36.6 Å². The quantitative estimate of drug-likeness (QED) is 0.197. The van der Waals surface area contributed by atoms with Crippen LogP contribution in [0.2, 0.25) is 0 Å². The van der Waals surface area contributed by atoms with Gasteiger partial charge in [0.2, 0.25) is 17.8 Å². The molecule has 39 heavy (non-hydrogen) atoms. The monoisotopic (exact) mass is 530 g/mol. The number of fused-ring (bicyclic) bond motifs is 1. The molecule has 0 bridgehead atoms. The molecule has 2 aromatic heterocycles. The first-order chi connectivity index (χ1) is 18.7. The number of rotatable bonds is 12. The van der Waals surface area contributed by atoms with E-state index in [1.165, 1.54) is 7.11 Å². The predicted molar refractivity (Wildman–Crippen MR) is 150 cm³/mol. The lowest BCUT2D eigenvalue weighted by atomic mass is 9.94. The van der Waals surface area contributed by atoms with Gasteiger partial charge in [0.15, 0.2) is 0 Å². The van der Waals surface area contributed by atoms with Crippen molar-refractivity contribution >= 4 is 22.6 Å². The van der Waals surface area contributed by atoms with Gasteiger partial charge in [-0.1, -0.05) is 37.6 Å². The van der Waals surface area contributed by atoms with Crippen molar-refractivity contribution < 1.29 is 28.0 Å². The van der Waals surface area contributed by atoms with Crippen LogP contribution in [0.1, 0.15) is 47.4 Å². The van der Waals surface area contributed by atoms with Crippen LogP contribution in [-0.2, 0) is 16.0 Å². The molecule has 2 N–H and O–H groups in total. The van der Waals surface area contributed by atoms with Gasteiger partial charge < -0.3 is 24.1 Å². The summed E-state index contributed by atoms with van der Waals surface area (Å²) >= 11 is 0. The number of benzene rings is 2. The Bertz CT molecular complexity index is 1450.